The molecular formula is C25H30Cl2I2N2O6. The SMILES string of the molecule is COc1cc(/C=C/C(=O)CC(=O)/C=C/c2cc(I)c(OCC[NH3+])c(OC)c2)cc(I)c1OCC[NH3+].[Cl-].[Cl-]. The van der Waals surface area contributed by atoms with E-state index in [9.17, 15) is 9.59 Å². The predicted octanol–water partition coefficient (Wildman–Crippen LogP) is -3.58. The summed E-state index contributed by atoms with van der Waals surface area (Å²) in [5, 5.41) is 0. The summed E-state index contributed by atoms with van der Waals surface area (Å²) in [7, 11) is 3.12. The monoisotopic (exact) mass is 778 g/mol. The molecule has 2 aromatic rings. The van der Waals surface area contributed by atoms with Gasteiger partial charge in [-0.3, -0.25) is 9.59 Å². The summed E-state index contributed by atoms with van der Waals surface area (Å²) in [5.41, 5.74) is 9.08. The molecule has 12 heteroatoms. The van der Waals surface area contributed by atoms with Gasteiger partial charge in [0.15, 0.2) is 34.6 Å². The lowest BCUT2D eigenvalue weighted by Gasteiger charge is -2.12. The van der Waals surface area contributed by atoms with Crippen molar-refractivity contribution in [2.75, 3.05) is 40.5 Å². The van der Waals surface area contributed by atoms with E-state index in [1.165, 1.54) is 12.2 Å². The third kappa shape index (κ3) is 11.4. The molecule has 0 bridgehead atoms. The summed E-state index contributed by atoms with van der Waals surface area (Å²) in [6.07, 6.45) is 5.88. The number of ether oxygens (including phenoxy) is 4. The van der Waals surface area contributed by atoms with Crippen LogP contribution in [0.15, 0.2) is 36.4 Å². The van der Waals surface area contributed by atoms with Gasteiger partial charge in [-0.15, -0.1) is 0 Å². The third-order valence-electron chi connectivity index (χ3n) is 4.56. The second-order valence-corrected chi connectivity index (χ2v) is 9.57. The number of methoxy groups -OCH3 is 2. The van der Waals surface area contributed by atoms with Crippen molar-refractivity contribution in [3.05, 3.63) is 54.7 Å². The quantitative estimate of drug-likeness (QED) is 0.116. The number of rotatable bonds is 14. The normalized spacial score (nSPS) is 10.5. The highest BCUT2D eigenvalue weighted by atomic mass is 127. The van der Waals surface area contributed by atoms with E-state index >= 15 is 0 Å². The van der Waals surface area contributed by atoms with Crippen molar-refractivity contribution in [2.24, 2.45) is 0 Å². The van der Waals surface area contributed by atoms with E-state index in [0.717, 1.165) is 18.3 Å². The van der Waals surface area contributed by atoms with Crippen molar-refractivity contribution >= 4 is 68.9 Å². The summed E-state index contributed by atoms with van der Waals surface area (Å²) < 4.78 is 23.9. The van der Waals surface area contributed by atoms with Crippen LogP contribution in [0.25, 0.3) is 12.2 Å². The van der Waals surface area contributed by atoms with Crippen LogP contribution in [0.4, 0.5) is 0 Å². The van der Waals surface area contributed by atoms with Gasteiger partial charge in [-0.25, -0.2) is 0 Å². The topological polar surface area (TPSA) is 126 Å². The second kappa shape index (κ2) is 18.6. The first kappa shape index (κ1) is 35.4. The summed E-state index contributed by atoms with van der Waals surface area (Å²) in [5.74, 6) is 1.85. The van der Waals surface area contributed by atoms with Gasteiger partial charge in [0.2, 0.25) is 0 Å². The van der Waals surface area contributed by atoms with Crippen molar-refractivity contribution in [1.29, 1.82) is 0 Å². The molecular weight excluding hydrogens is 749 g/mol. The highest BCUT2D eigenvalue weighted by molar-refractivity contribution is 14.1. The third-order valence-corrected chi connectivity index (χ3v) is 6.16. The molecule has 8 nitrogen and oxygen atoms in total. The van der Waals surface area contributed by atoms with Crippen LogP contribution in [0.1, 0.15) is 17.5 Å². The van der Waals surface area contributed by atoms with Crippen LogP contribution < -0.4 is 55.2 Å². The Morgan fingerprint density at radius 2 is 1.14 bits per heavy atom. The maximum absolute atomic E-state index is 12.3. The van der Waals surface area contributed by atoms with Gasteiger partial charge in [0.05, 0.1) is 27.8 Å². The molecule has 0 saturated heterocycles. The first-order valence-electron chi connectivity index (χ1n) is 10.8. The second-order valence-electron chi connectivity index (χ2n) is 7.25. The van der Waals surface area contributed by atoms with Gasteiger partial charge in [-0.05, 0) is 92.7 Å². The molecule has 2 aromatic carbocycles. The Hall–Kier alpha value is -1.58. The van der Waals surface area contributed by atoms with Gasteiger partial charge in [0.25, 0.3) is 0 Å². The standard InChI is InChI=1S/C25H28I2N2O6.2ClH/c1-32-22-13-16(11-20(26)24(22)34-9-7-28)3-5-18(30)15-19(31)6-4-17-12-21(27)25(35-10-8-29)23(14-17)33-2;;/h3-6,11-14H,7-10,15,28-29H2,1-2H3;2*1H/b5-3+,6-4+;;. The van der Waals surface area contributed by atoms with Crippen molar-refractivity contribution in [3.63, 3.8) is 0 Å². The van der Waals surface area contributed by atoms with Crippen molar-refractivity contribution < 1.29 is 64.8 Å². The molecule has 0 heterocycles. The average molecular weight is 779 g/mol. The fraction of sp³-hybridized carbons (Fsp3) is 0.280. The zero-order valence-electron chi connectivity index (χ0n) is 20.5. The maximum Gasteiger partial charge on any atom is 0.174 e. The Bertz CT molecular complexity index is 1030. The molecule has 0 unspecified atom stereocenters. The fourth-order valence-corrected chi connectivity index (χ4v) is 4.53. The van der Waals surface area contributed by atoms with E-state index in [0.29, 0.717) is 49.3 Å². The maximum atomic E-state index is 12.3. The van der Waals surface area contributed by atoms with E-state index in [1.807, 2.05) is 12.1 Å². The number of halogens is 4. The van der Waals surface area contributed by atoms with Crippen LogP contribution in [0.2, 0.25) is 0 Å². The molecule has 0 aliphatic carbocycles. The van der Waals surface area contributed by atoms with Crippen molar-refractivity contribution in [1.82, 2.24) is 0 Å². The Morgan fingerprint density at radius 3 is 1.46 bits per heavy atom. The smallest absolute Gasteiger partial charge is 0.174 e. The van der Waals surface area contributed by atoms with Gasteiger partial charge in [0, 0.05) is 0 Å². The number of hydrogen-bond acceptors (Lipinski definition) is 6. The number of quaternary nitrogens is 2. The van der Waals surface area contributed by atoms with Gasteiger partial charge < -0.3 is 55.2 Å². The fourth-order valence-electron chi connectivity index (χ4n) is 2.97. The van der Waals surface area contributed by atoms with Crippen LogP contribution in [-0.2, 0) is 9.59 Å². The van der Waals surface area contributed by atoms with Crippen molar-refractivity contribution in [3.8, 4) is 23.0 Å². The molecule has 0 aromatic heterocycles. The zero-order valence-corrected chi connectivity index (χ0v) is 26.4. The first-order valence-corrected chi connectivity index (χ1v) is 13.0. The van der Waals surface area contributed by atoms with Gasteiger partial charge in [-0.2, -0.15) is 0 Å². The summed E-state index contributed by atoms with van der Waals surface area (Å²) in [4.78, 5) is 24.7. The lowest BCUT2D eigenvalue weighted by atomic mass is 10.1. The number of hydrogen-bond donors (Lipinski definition) is 2. The number of carbonyl (C=O) groups is 2. The highest BCUT2D eigenvalue weighted by Crippen LogP contribution is 2.35. The molecule has 6 N–H and O–H groups in total. The predicted molar refractivity (Wildman–Crippen MR) is 151 cm³/mol. The van der Waals surface area contributed by atoms with Crippen LogP contribution in [0, 0.1) is 7.14 Å². The summed E-state index contributed by atoms with van der Waals surface area (Å²) in [6, 6.07) is 7.33. The lowest BCUT2D eigenvalue weighted by Crippen LogP contribution is -3.00. The van der Waals surface area contributed by atoms with E-state index in [2.05, 4.69) is 56.6 Å². The van der Waals surface area contributed by atoms with Gasteiger partial charge in [0.1, 0.15) is 26.3 Å². The Morgan fingerprint density at radius 1 is 0.757 bits per heavy atom. The zero-order chi connectivity index (χ0) is 25.8. The number of ketones is 2. The minimum absolute atomic E-state index is 0. The summed E-state index contributed by atoms with van der Waals surface area (Å²) >= 11 is 4.31. The van der Waals surface area contributed by atoms with Gasteiger partial charge in [-0.1, -0.05) is 12.2 Å². The van der Waals surface area contributed by atoms with E-state index in [-0.39, 0.29) is 42.8 Å². The number of benzene rings is 2. The Kier molecular flexibility index (Phi) is 17.8. The largest absolute Gasteiger partial charge is 1.00 e. The molecule has 0 amide bonds. The minimum atomic E-state index is -0.296. The molecule has 0 spiro atoms. The molecule has 0 aliphatic rings. The minimum Gasteiger partial charge on any atom is -1.00 e. The Labute approximate surface area is 256 Å². The molecule has 0 atom stereocenters. The highest BCUT2D eigenvalue weighted by Gasteiger charge is 2.13. The van der Waals surface area contributed by atoms with E-state index in [1.54, 1.807) is 38.5 Å². The first-order chi connectivity index (χ1) is 16.8. The van der Waals surface area contributed by atoms with E-state index < -0.39 is 0 Å². The van der Waals surface area contributed by atoms with Crippen LogP contribution in [0.5, 0.6) is 23.0 Å². The molecule has 0 saturated carbocycles. The van der Waals surface area contributed by atoms with Crippen LogP contribution >= 0.6 is 45.2 Å². The van der Waals surface area contributed by atoms with Crippen LogP contribution in [0.3, 0.4) is 0 Å². The van der Waals surface area contributed by atoms with Crippen LogP contribution in [-0.4, -0.2) is 52.1 Å². The number of allylic oxidation sites excluding steroid dienone is 2. The molecule has 2 rings (SSSR count). The molecule has 37 heavy (non-hydrogen) atoms. The van der Waals surface area contributed by atoms with Crippen molar-refractivity contribution in [2.45, 2.75) is 6.42 Å². The molecule has 0 radical (unpaired) electrons. The molecule has 0 aliphatic heterocycles. The van der Waals surface area contributed by atoms with E-state index in [4.69, 9.17) is 18.9 Å². The average Bonchev–Trinajstić information content (AvgIpc) is 2.84. The molecule has 204 valence electrons. The Balaban J connectivity index is 0.00000648. The molecule has 0 fully saturated rings. The lowest BCUT2D eigenvalue weighted by molar-refractivity contribution is -0.371. The van der Waals surface area contributed by atoms with Gasteiger partial charge >= 0.3 is 0 Å². The number of carbonyl (C=O) groups excluding carboxylic acids is 2. The summed E-state index contributed by atoms with van der Waals surface area (Å²) in [6.45, 7) is 2.24.